The summed E-state index contributed by atoms with van der Waals surface area (Å²) in [6, 6.07) is 7.66. The number of rotatable bonds is 7. The van der Waals surface area contributed by atoms with E-state index in [4.69, 9.17) is 10.5 Å². The van der Waals surface area contributed by atoms with Crippen molar-refractivity contribution in [2.45, 2.75) is 39.7 Å². The van der Waals surface area contributed by atoms with Crippen LogP contribution in [-0.4, -0.2) is 19.6 Å². The molecule has 0 saturated heterocycles. The molecule has 0 aromatic heterocycles. The molecule has 0 aliphatic rings. The van der Waals surface area contributed by atoms with Crippen LogP contribution in [0.1, 0.15) is 45.2 Å². The van der Waals surface area contributed by atoms with E-state index in [1.54, 1.807) is 7.11 Å². The summed E-state index contributed by atoms with van der Waals surface area (Å²) in [5.41, 5.74) is 6.37. The van der Waals surface area contributed by atoms with Gasteiger partial charge in [0.2, 0.25) is 5.91 Å². The van der Waals surface area contributed by atoms with Gasteiger partial charge in [-0.1, -0.05) is 26.0 Å². The maximum atomic E-state index is 12.5. The minimum absolute atomic E-state index is 0.0281. The summed E-state index contributed by atoms with van der Waals surface area (Å²) in [6.07, 6.45) is 1.49. The van der Waals surface area contributed by atoms with Crippen molar-refractivity contribution >= 4 is 5.91 Å². The van der Waals surface area contributed by atoms with Gasteiger partial charge in [0, 0.05) is 6.54 Å². The second-order valence-corrected chi connectivity index (χ2v) is 5.16. The van der Waals surface area contributed by atoms with E-state index in [2.05, 4.69) is 5.32 Å². The first kappa shape index (κ1) is 16.5. The first-order valence-corrected chi connectivity index (χ1v) is 7.18. The maximum Gasteiger partial charge on any atom is 0.227 e. The van der Waals surface area contributed by atoms with Crippen molar-refractivity contribution in [2.24, 2.45) is 11.1 Å². The van der Waals surface area contributed by atoms with Gasteiger partial charge >= 0.3 is 0 Å². The van der Waals surface area contributed by atoms with E-state index in [-0.39, 0.29) is 11.9 Å². The van der Waals surface area contributed by atoms with Crippen LogP contribution in [0.3, 0.4) is 0 Å². The number of nitrogens with two attached hydrogens (primary N) is 1. The Bertz CT molecular complexity index is 434. The zero-order chi connectivity index (χ0) is 15.2. The van der Waals surface area contributed by atoms with E-state index >= 15 is 0 Å². The monoisotopic (exact) mass is 278 g/mol. The largest absolute Gasteiger partial charge is 0.497 e. The Morgan fingerprint density at radius 2 is 2.05 bits per heavy atom. The predicted molar refractivity (Wildman–Crippen MR) is 81.6 cm³/mol. The zero-order valence-corrected chi connectivity index (χ0v) is 12.9. The van der Waals surface area contributed by atoms with Crippen molar-refractivity contribution < 1.29 is 9.53 Å². The molecule has 3 N–H and O–H groups in total. The normalized spacial score (nSPS) is 12.8. The molecule has 0 heterocycles. The first-order chi connectivity index (χ1) is 9.52. The second kappa shape index (κ2) is 7.29. The highest BCUT2D eigenvalue weighted by Crippen LogP contribution is 2.27. The molecule has 0 spiro atoms. The maximum absolute atomic E-state index is 12.5. The summed E-state index contributed by atoms with van der Waals surface area (Å²) < 4.78 is 5.21. The van der Waals surface area contributed by atoms with Gasteiger partial charge in [-0.3, -0.25) is 4.79 Å². The smallest absolute Gasteiger partial charge is 0.227 e. The number of hydrogen-bond donors (Lipinski definition) is 2. The number of ether oxygens (including phenoxy) is 1. The molecule has 0 unspecified atom stereocenters. The lowest BCUT2D eigenvalue weighted by Gasteiger charge is -2.30. The fourth-order valence-corrected chi connectivity index (χ4v) is 2.30. The van der Waals surface area contributed by atoms with Gasteiger partial charge in [0.05, 0.1) is 18.6 Å². The Kier molecular flexibility index (Phi) is 6.02. The third-order valence-corrected chi connectivity index (χ3v) is 4.17. The third-order valence-electron chi connectivity index (χ3n) is 4.17. The van der Waals surface area contributed by atoms with Crippen LogP contribution in [0.25, 0.3) is 0 Å². The molecule has 0 aliphatic carbocycles. The van der Waals surface area contributed by atoms with Crippen molar-refractivity contribution in [1.29, 1.82) is 0 Å². The number of carbonyl (C=O) groups excluding carboxylic acids is 1. The van der Waals surface area contributed by atoms with Gasteiger partial charge < -0.3 is 15.8 Å². The lowest BCUT2D eigenvalue weighted by molar-refractivity contribution is -0.131. The van der Waals surface area contributed by atoms with Gasteiger partial charge in [-0.15, -0.1) is 0 Å². The lowest BCUT2D eigenvalue weighted by atomic mass is 9.81. The minimum atomic E-state index is -0.465. The van der Waals surface area contributed by atoms with Crippen molar-refractivity contribution in [1.82, 2.24) is 5.32 Å². The highest BCUT2D eigenvalue weighted by molar-refractivity contribution is 5.83. The summed E-state index contributed by atoms with van der Waals surface area (Å²) in [6.45, 7) is 6.36. The standard InChI is InChI=1S/C16H26N2O2/c1-5-16(6-2,11-17)15(19)18-12(3)13-8-7-9-14(10-13)20-4/h7-10,12H,5-6,11,17H2,1-4H3,(H,18,19)/t12-/m1/s1. The molecule has 4 nitrogen and oxygen atoms in total. The van der Waals surface area contributed by atoms with E-state index < -0.39 is 5.41 Å². The number of benzene rings is 1. The molecule has 0 saturated carbocycles. The summed E-state index contributed by atoms with van der Waals surface area (Å²) in [5.74, 6) is 0.819. The topological polar surface area (TPSA) is 64.4 Å². The second-order valence-electron chi connectivity index (χ2n) is 5.16. The molecule has 112 valence electrons. The molecule has 1 atom stereocenters. The molecule has 4 heteroatoms. The molecular formula is C16H26N2O2. The number of methoxy groups -OCH3 is 1. The quantitative estimate of drug-likeness (QED) is 0.806. The summed E-state index contributed by atoms with van der Waals surface area (Å²) in [4.78, 5) is 12.5. The Hall–Kier alpha value is -1.55. The van der Waals surface area contributed by atoms with Crippen LogP contribution in [-0.2, 0) is 4.79 Å². The van der Waals surface area contributed by atoms with Gasteiger partial charge in [0.25, 0.3) is 0 Å². The van der Waals surface area contributed by atoms with Gasteiger partial charge in [0.1, 0.15) is 5.75 Å². The van der Waals surface area contributed by atoms with Gasteiger partial charge in [-0.25, -0.2) is 0 Å². The van der Waals surface area contributed by atoms with Crippen LogP contribution in [0.15, 0.2) is 24.3 Å². The molecule has 0 aliphatic heterocycles. The SMILES string of the molecule is CCC(CC)(CN)C(=O)N[C@H](C)c1cccc(OC)c1. The molecule has 20 heavy (non-hydrogen) atoms. The van der Waals surface area contributed by atoms with E-state index in [1.807, 2.05) is 45.0 Å². The van der Waals surface area contributed by atoms with Crippen molar-refractivity contribution in [3.63, 3.8) is 0 Å². The number of amides is 1. The van der Waals surface area contributed by atoms with Gasteiger partial charge in [-0.2, -0.15) is 0 Å². The molecular weight excluding hydrogens is 252 g/mol. The minimum Gasteiger partial charge on any atom is -0.497 e. The molecule has 0 fully saturated rings. The van der Waals surface area contributed by atoms with E-state index in [1.165, 1.54) is 0 Å². The van der Waals surface area contributed by atoms with Crippen LogP contribution in [0, 0.1) is 5.41 Å². The van der Waals surface area contributed by atoms with Crippen LogP contribution < -0.4 is 15.8 Å². The average molecular weight is 278 g/mol. The first-order valence-electron chi connectivity index (χ1n) is 7.18. The van der Waals surface area contributed by atoms with Crippen molar-refractivity contribution in [3.8, 4) is 5.75 Å². The van der Waals surface area contributed by atoms with E-state index in [0.29, 0.717) is 6.54 Å². The summed E-state index contributed by atoms with van der Waals surface area (Å²) >= 11 is 0. The summed E-state index contributed by atoms with van der Waals surface area (Å²) in [5, 5.41) is 3.07. The molecule has 1 amide bonds. The van der Waals surface area contributed by atoms with Gasteiger partial charge in [0.15, 0.2) is 0 Å². The Morgan fingerprint density at radius 1 is 1.40 bits per heavy atom. The average Bonchev–Trinajstić information content (AvgIpc) is 2.49. The highest BCUT2D eigenvalue weighted by atomic mass is 16.5. The molecule has 1 aromatic carbocycles. The number of nitrogens with one attached hydrogen (secondary N) is 1. The van der Waals surface area contributed by atoms with E-state index in [9.17, 15) is 4.79 Å². The van der Waals surface area contributed by atoms with Crippen molar-refractivity contribution in [3.05, 3.63) is 29.8 Å². The van der Waals surface area contributed by atoms with Crippen LogP contribution in [0.4, 0.5) is 0 Å². The Labute approximate surface area is 121 Å². The highest BCUT2D eigenvalue weighted by Gasteiger charge is 2.34. The fraction of sp³-hybridized carbons (Fsp3) is 0.562. The lowest BCUT2D eigenvalue weighted by Crippen LogP contribution is -2.46. The third kappa shape index (κ3) is 3.51. The fourth-order valence-electron chi connectivity index (χ4n) is 2.30. The van der Waals surface area contributed by atoms with Gasteiger partial charge in [-0.05, 0) is 37.5 Å². The van der Waals surface area contributed by atoms with Crippen LogP contribution in [0.2, 0.25) is 0 Å². The molecule has 0 radical (unpaired) electrons. The van der Waals surface area contributed by atoms with Crippen molar-refractivity contribution in [2.75, 3.05) is 13.7 Å². The summed E-state index contributed by atoms with van der Waals surface area (Å²) in [7, 11) is 1.63. The van der Waals surface area contributed by atoms with E-state index in [0.717, 1.165) is 24.2 Å². The zero-order valence-electron chi connectivity index (χ0n) is 12.9. The number of carbonyl (C=O) groups is 1. The van der Waals surface area contributed by atoms with Crippen LogP contribution in [0.5, 0.6) is 5.75 Å². The Balaban J connectivity index is 2.83. The molecule has 1 aromatic rings. The van der Waals surface area contributed by atoms with Crippen LogP contribution >= 0.6 is 0 Å². The molecule has 0 bridgehead atoms. The number of hydrogen-bond acceptors (Lipinski definition) is 3. The molecule has 1 rings (SSSR count). The predicted octanol–water partition coefficient (Wildman–Crippen LogP) is 2.64. The Morgan fingerprint density at radius 3 is 2.55 bits per heavy atom.